The molecule has 0 saturated carbocycles. The number of carbonyl (C=O) groups excluding carboxylic acids is 1. The van der Waals surface area contributed by atoms with Crippen molar-refractivity contribution in [3.05, 3.63) is 0 Å². The second-order valence-electron chi connectivity index (χ2n) is 1.71. The first-order chi connectivity index (χ1) is 5.07. The summed E-state index contributed by atoms with van der Waals surface area (Å²) in [5.74, 6) is -1.09. The molecular formula is C5H9NO4S. The van der Waals surface area contributed by atoms with Gasteiger partial charge in [-0.3, -0.25) is 4.79 Å². The van der Waals surface area contributed by atoms with Crippen LogP contribution in [0.15, 0.2) is 0 Å². The maximum absolute atomic E-state index is 10.4. The molecule has 1 atom stereocenters. The van der Waals surface area contributed by atoms with Crippen LogP contribution in [0.5, 0.6) is 0 Å². The molecule has 0 unspecified atom stereocenters. The second-order valence-corrected chi connectivity index (χ2v) is 2.67. The Hall–Kier alpha value is -0.750. The molecule has 0 aromatic rings. The zero-order valence-electron chi connectivity index (χ0n) is 5.94. The van der Waals surface area contributed by atoms with Crippen LogP contribution in [-0.2, 0) is 9.53 Å². The third-order valence-electron chi connectivity index (χ3n) is 0.865. The molecule has 5 nitrogen and oxygen atoms in total. The van der Waals surface area contributed by atoms with Gasteiger partial charge in [-0.2, -0.15) is 0 Å². The predicted octanol–water partition coefficient (Wildman–Crippen LogP) is -0.102. The van der Waals surface area contributed by atoms with E-state index in [1.165, 1.54) is 7.11 Å². The predicted molar refractivity (Wildman–Crippen MR) is 40.5 cm³/mol. The van der Waals surface area contributed by atoms with Gasteiger partial charge in [0.1, 0.15) is 6.04 Å². The van der Waals surface area contributed by atoms with E-state index >= 15 is 0 Å². The molecule has 0 aliphatic heterocycles. The molecule has 0 aromatic heterocycles. The highest BCUT2D eigenvalue weighted by Gasteiger charge is 2.13. The van der Waals surface area contributed by atoms with Crippen molar-refractivity contribution in [2.45, 2.75) is 6.04 Å². The molecule has 0 fully saturated rings. The van der Waals surface area contributed by atoms with Gasteiger partial charge in [-0.25, -0.2) is 4.79 Å². The van der Waals surface area contributed by atoms with Gasteiger partial charge in [0.15, 0.2) is 0 Å². The number of thioether (sulfide) groups is 1. The molecule has 0 aliphatic rings. The molecule has 0 heterocycles. The zero-order chi connectivity index (χ0) is 8.85. The molecule has 0 bridgehead atoms. The first-order valence-corrected chi connectivity index (χ1v) is 3.75. The Labute approximate surface area is 67.9 Å². The average Bonchev–Trinajstić information content (AvgIpc) is 1.99. The van der Waals surface area contributed by atoms with E-state index in [0.29, 0.717) is 0 Å². The number of rotatable bonds is 3. The number of hydrogen-bond donors (Lipinski definition) is 2. The topological polar surface area (TPSA) is 89.6 Å². The Morgan fingerprint density at radius 2 is 2.27 bits per heavy atom. The normalized spacial score (nSPS) is 12.2. The standard InChI is InChI=1S/C5H9NO4S/c1-10-5(9)11-2-3(6)4(7)8/h3H,2,6H2,1H3,(H,7,8)/t3-/m0/s1. The number of carbonyl (C=O) groups is 2. The molecule has 6 heteroatoms. The number of carboxylic acids is 1. The first-order valence-electron chi connectivity index (χ1n) is 2.77. The van der Waals surface area contributed by atoms with Crippen molar-refractivity contribution in [3.8, 4) is 0 Å². The van der Waals surface area contributed by atoms with Crippen LogP contribution < -0.4 is 5.73 Å². The maximum atomic E-state index is 10.4. The Morgan fingerprint density at radius 3 is 2.64 bits per heavy atom. The number of nitrogens with two attached hydrogens (primary N) is 1. The van der Waals surface area contributed by atoms with Gasteiger partial charge >= 0.3 is 11.3 Å². The summed E-state index contributed by atoms with van der Waals surface area (Å²) in [5, 5.41) is 7.75. The van der Waals surface area contributed by atoms with E-state index in [4.69, 9.17) is 10.8 Å². The first kappa shape index (κ1) is 10.2. The Balaban J connectivity index is 3.54. The van der Waals surface area contributed by atoms with Crippen molar-refractivity contribution in [1.29, 1.82) is 0 Å². The summed E-state index contributed by atoms with van der Waals surface area (Å²) in [6, 6.07) is -1.01. The lowest BCUT2D eigenvalue weighted by atomic mass is 10.4. The van der Waals surface area contributed by atoms with E-state index in [-0.39, 0.29) is 5.75 Å². The van der Waals surface area contributed by atoms with Crippen LogP contribution in [0, 0.1) is 0 Å². The van der Waals surface area contributed by atoms with E-state index in [0.717, 1.165) is 11.8 Å². The van der Waals surface area contributed by atoms with Crippen LogP contribution in [0.1, 0.15) is 0 Å². The molecule has 0 saturated heterocycles. The molecule has 0 aromatic carbocycles. The quantitative estimate of drug-likeness (QED) is 0.588. The minimum atomic E-state index is -1.12. The van der Waals surface area contributed by atoms with Crippen molar-refractivity contribution in [3.63, 3.8) is 0 Å². The average molecular weight is 179 g/mol. The summed E-state index contributed by atoms with van der Waals surface area (Å²) in [6.07, 6.45) is 0. The lowest BCUT2D eigenvalue weighted by Gasteiger charge is -2.02. The third kappa shape index (κ3) is 4.63. The fourth-order valence-corrected chi connectivity index (χ4v) is 0.864. The van der Waals surface area contributed by atoms with Crippen molar-refractivity contribution in [2.24, 2.45) is 5.73 Å². The van der Waals surface area contributed by atoms with Gasteiger partial charge in [0.25, 0.3) is 0 Å². The molecule has 64 valence electrons. The highest BCUT2D eigenvalue weighted by Crippen LogP contribution is 2.04. The Morgan fingerprint density at radius 1 is 1.73 bits per heavy atom. The number of ether oxygens (including phenoxy) is 1. The molecule has 3 N–H and O–H groups in total. The molecule has 11 heavy (non-hydrogen) atoms. The van der Waals surface area contributed by atoms with Crippen molar-refractivity contribution < 1.29 is 19.4 Å². The van der Waals surface area contributed by atoms with Gasteiger partial charge in [-0.05, 0) is 11.8 Å². The smallest absolute Gasteiger partial charge is 0.367 e. The number of methoxy groups -OCH3 is 1. The number of aliphatic carboxylic acids is 1. The van der Waals surface area contributed by atoms with Gasteiger partial charge in [-0.1, -0.05) is 0 Å². The largest absolute Gasteiger partial charge is 0.480 e. The summed E-state index contributed by atoms with van der Waals surface area (Å²) in [7, 11) is 1.22. The van der Waals surface area contributed by atoms with Crippen LogP contribution in [0.4, 0.5) is 4.79 Å². The van der Waals surface area contributed by atoms with E-state index in [1.54, 1.807) is 0 Å². The molecular weight excluding hydrogens is 170 g/mol. The van der Waals surface area contributed by atoms with Crippen molar-refractivity contribution in [2.75, 3.05) is 12.9 Å². The lowest BCUT2D eigenvalue weighted by Crippen LogP contribution is -2.32. The molecule has 0 rings (SSSR count). The van der Waals surface area contributed by atoms with Gasteiger partial charge in [0.05, 0.1) is 7.11 Å². The van der Waals surface area contributed by atoms with Crippen LogP contribution in [-0.4, -0.2) is 35.3 Å². The highest BCUT2D eigenvalue weighted by molar-refractivity contribution is 8.13. The highest BCUT2D eigenvalue weighted by atomic mass is 32.2. The minimum Gasteiger partial charge on any atom is -0.480 e. The zero-order valence-corrected chi connectivity index (χ0v) is 6.76. The van der Waals surface area contributed by atoms with E-state index in [9.17, 15) is 9.59 Å². The summed E-state index contributed by atoms with van der Waals surface area (Å²) < 4.78 is 4.26. The number of carboxylic acid groups (broad SMARTS) is 1. The molecule has 0 aliphatic carbocycles. The molecule has 0 spiro atoms. The van der Waals surface area contributed by atoms with Gasteiger partial charge in [0, 0.05) is 5.75 Å². The van der Waals surface area contributed by atoms with Gasteiger partial charge in [0.2, 0.25) is 0 Å². The molecule has 0 amide bonds. The Bertz CT molecular complexity index is 161. The van der Waals surface area contributed by atoms with Gasteiger partial charge < -0.3 is 15.6 Å². The van der Waals surface area contributed by atoms with Gasteiger partial charge in [-0.15, -0.1) is 0 Å². The summed E-state index contributed by atoms with van der Waals surface area (Å²) >= 11 is 0.746. The fourth-order valence-electron chi connectivity index (χ4n) is 0.288. The maximum Gasteiger partial charge on any atom is 0.367 e. The molecule has 0 radical (unpaired) electrons. The second kappa shape index (κ2) is 4.97. The fraction of sp³-hybridized carbons (Fsp3) is 0.600. The third-order valence-corrected chi connectivity index (χ3v) is 1.79. The van der Waals surface area contributed by atoms with E-state index in [1.807, 2.05) is 0 Å². The Kier molecular flexibility index (Phi) is 4.64. The van der Waals surface area contributed by atoms with Crippen LogP contribution >= 0.6 is 11.8 Å². The van der Waals surface area contributed by atoms with E-state index < -0.39 is 17.3 Å². The van der Waals surface area contributed by atoms with Crippen molar-refractivity contribution >= 4 is 23.0 Å². The summed E-state index contributed by atoms with van der Waals surface area (Å²) in [6.45, 7) is 0. The van der Waals surface area contributed by atoms with Crippen molar-refractivity contribution in [1.82, 2.24) is 0 Å². The summed E-state index contributed by atoms with van der Waals surface area (Å²) in [5.41, 5.74) is 5.09. The minimum absolute atomic E-state index is 0.0298. The number of hydrogen-bond acceptors (Lipinski definition) is 5. The summed E-state index contributed by atoms with van der Waals surface area (Å²) in [4.78, 5) is 20.5. The lowest BCUT2D eigenvalue weighted by molar-refractivity contribution is -0.137. The monoisotopic (exact) mass is 179 g/mol. The van der Waals surface area contributed by atoms with E-state index in [2.05, 4.69) is 4.74 Å². The van der Waals surface area contributed by atoms with Crippen LogP contribution in [0.25, 0.3) is 0 Å². The van der Waals surface area contributed by atoms with Crippen LogP contribution in [0.2, 0.25) is 0 Å². The van der Waals surface area contributed by atoms with Crippen LogP contribution in [0.3, 0.4) is 0 Å². The SMILES string of the molecule is COC(=O)SC[C@H](N)C(=O)O.